The molecule has 8 heteroatoms. The van der Waals surface area contributed by atoms with Crippen LogP contribution in [-0.4, -0.2) is 39.0 Å². The van der Waals surface area contributed by atoms with Crippen molar-refractivity contribution in [3.8, 4) is 5.88 Å². The zero-order valence-corrected chi connectivity index (χ0v) is 13.5. The molecule has 1 aliphatic rings. The summed E-state index contributed by atoms with van der Waals surface area (Å²) in [6.45, 7) is 1.24. The van der Waals surface area contributed by atoms with E-state index in [2.05, 4.69) is 19.0 Å². The Hall–Kier alpha value is -2.58. The number of aromatic nitrogens is 3. The second kappa shape index (κ2) is 6.50. The topological polar surface area (TPSA) is 86.2 Å². The molecular weight excluding hydrogens is 328 g/mol. The van der Waals surface area contributed by atoms with Crippen molar-refractivity contribution in [1.29, 1.82) is 0 Å². The minimum Gasteiger partial charge on any atom is -0.472 e. The quantitative estimate of drug-likeness (QED) is 0.784. The molecule has 1 unspecified atom stereocenters. The summed E-state index contributed by atoms with van der Waals surface area (Å²) in [6.07, 6.45) is 2.38. The molecule has 1 N–H and O–H groups in total. The van der Waals surface area contributed by atoms with Crippen LogP contribution in [0.1, 0.15) is 16.8 Å². The average molecular weight is 342 g/mol. The van der Waals surface area contributed by atoms with Gasteiger partial charge in [0.05, 0.1) is 30.6 Å². The molecule has 3 aromatic rings. The van der Waals surface area contributed by atoms with Crippen LogP contribution >= 0.6 is 11.7 Å². The number of nitrogens with zero attached hydrogens (tertiary/aromatic N) is 3. The molecular formula is C16H14N4O3S. The van der Waals surface area contributed by atoms with E-state index in [0.29, 0.717) is 35.9 Å². The Morgan fingerprint density at radius 1 is 1.33 bits per heavy atom. The van der Waals surface area contributed by atoms with Gasteiger partial charge in [-0.1, -0.05) is 6.07 Å². The van der Waals surface area contributed by atoms with Crippen LogP contribution in [0.25, 0.3) is 11.0 Å². The summed E-state index contributed by atoms with van der Waals surface area (Å²) in [6, 6.07) is 8.77. The molecule has 1 fully saturated rings. The van der Waals surface area contributed by atoms with Crippen LogP contribution in [0.4, 0.5) is 5.69 Å². The lowest BCUT2D eigenvalue weighted by atomic mass is 10.2. The smallest absolute Gasteiger partial charge is 0.255 e. The Kier molecular flexibility index (Phi) is 4.06. The van der Waals surface area contributed by atoms with E-state index in [1.54, 1.807) is 24.4 Å². The van der Waals surface area contributed by atoms with Crippen LogP contribution in [0.2, 0.25) is 0 Å². The maximum atomic E-state index is 12.5. The minimum atomic E-state index is -0.245. The predicted octanol–water partition coefficient (Wildman–Crippen LogP) is 2.51. The van der Waals surface area contributed by atoms with Crippen molar-refractivity contribution < 1.29 is 14.3 Å². The van der Waals surface area contributed by atoms with E-state index in [4.69, 9.17) is 9.47 Å². The van der Waals surface area contributed by atoms with Gasteiger partial charge in [-0.05, 0) is 18.2 Å². The van der Waals surface area contributed by atoms with Gasteiger partial charge in [0.15, 0.2) is 0 Å². The number of carbonyl (C=O) groups excluding carboxylic acids is 1. The van der Waals surface area contributed by atoms with Crippen LogP contribution in [0, 0.1) is 0 Å². The van der Waals surface area contributed by atoms with Gasteiger partial charge in [-0.3, -0.25) is 4.79 Å². The average Bonchev–Trinajstić information content (AvgIpc) is 3.27. The van der Waals surface area contributed by atoms with Gasteiger partial charge in [0.2, 0.25) is 5.88 Å². The molecule has 7 nitrogen and oxygen atoms in total. The number of nitrogens with one attached hydrogen (secondary N) is 1. The van der Waals surface area contributed by atoms with Crippen molar-refractivity contribution in [2.45, 2.75) is 12.5 Å². The van der Waals surface area contributed by atoms with Gasteiger partial charge in [0, 0.05) is 24.2 Å². The Morgan fingerprint density at radius 3 is 3.17 bits per heavy atom. The highest BCUT2D eigenvalue weighted by molar-refractivity contribution is 7.00. The van der Waals surface area contributed by atoms with Crippen LogP contribution < -0.4 is 10.1 Å². The number of hydrogen-bond acceptors (Lipinski definition) is 7. The molecule has 0 radical (unpaired) electrons. The summed E-state index contributed by atoms with van der Waals surface area (Å²) in [4.78, 5) is 16.7. The lowest BCUT2D eigenvalue weighted by Gasteiger charge is -2.11. The fraction of sp³-hybridized carbons (Fsp3) is 0.250. The molecule has 0 spiro atoms. The normalized spacial score (nSPS) is 17.1. The van der Waals surface area contributed by atoms with Gasteiger partial charge >= 0.3 is 0 Å². The number of amides is 1. The van der Waals surface area contributed by atoms with Crippen LogP contribution in [0.3, 0.4) is 0 Å². The lowest BCUT2D eigenvalue weighted by Crippen LogP contribution is -2.17. The number of anilines is 1. The van der Waals surface area contributed by atoms with E-state index in [1.807, 2.05) is 12.1 Å². The number of carbonyl (C=O) groups is 1. The van der Waals surface area contributed by atoms with Gasteiger partial charge in [-0.15, -0.1) is 0 Å². The van der Waals surface area contributed by atoms with Crippen molar-refractivity contribution >= 4 is 34.4 Å². The molecule has 0 aliphatic carbocycles. The zero-order chi connectivity index (χ0) is 16.4. The highest BCUT2D eigenvalue weighted by atomic mass is 32.1. The van der Waals surface area contributed by atoms with Crippen LogP contribution in [-0.2, 0) is 4.74 Å². The van der Waals surface area contributed by atoms with Gasteiger partial charge in [-0.25, -0.2) is 4.98 Å². The van der Waals surface area contributed by atoms with Gasteiger partial charge in [0.1, 0.15) is 17.1 Å². The molecule has 24 heavy (non-hydrogen) atoms. The van der Waals surface area contributed by atoms with Gasteiger partial charge in [0.25, 0.3) is 5.91 Å². The van der Waals surface area contributed by atoms with E-state index in [0.717, 1.165) is 23.7 Å². The van der Waals surface area contributed by atoms with Crippen molar-refractivity contribution in [2.75, 3.05) is 18.5 Å². The number of pyridine rings is 1. The Bertz CT molecular complexity index is 876. The lowest BCUT2D eigenvalue weighted by molar-refractivity contribution is 0.102. The van der Waals surface area contributed by atoms with Gasteiger partial charge < -0.3 is 14.8 Å². The van der Waals surface area contributed by atoms with Crippen molar-refractivity contribution in [2.24, 2.45) is 0 Å². The molecule has 1 aromatic carbocycles. The molecule has 0 bridgehead atoms. The third-order valence-corrected chi connectivity index (χ3v) is 4.25. The fourth-order valence-electron chi connectivity index (χ4n) is 2.49. The number of benzene rings is 1. The molecule has 1 saturated heterocycles. The summed E-state index contributed by atoms with van der Waals surface area (Å²) in [5, 5.41) is 2.87. The van der Waals surface area contributed by atoms with Crippen LogP contribution in [0.5, 0.6) is 5.88 Å². The predicted molar refractivity (Wildman–Crippen MR) is 89.5 cm³/mol. The SMILES string of the molecule is O=C(Nc1cccc2nsnc12)c1ccnc(OC2CCOC2)c1. The number of ether oxygens (including phenoxy) is 2. The summed E-state index contributed by atoms with van der Waals surface area (Å²) in [5.41, 5.74) is 2.55. The minimum absolute atomic E-state index is 0.00867. The van der Waals surface area contributed by atoms with Crippen molar-refractivity contribution in [3.05, 3.63) is 42.1 Å². The fourth-order valence-corrected chi connectivity index (χ4v) is 3.04. The van der Waals surface area contributed by atoms with E-state index >= 15 is 0 Å². The third kappa shape index (κ3) is 3.06. The number of hydrogen-bond donors (Lipinski definition) is 1. The molecule has 122 valence electrons. The van der Waals surface area contributed by atoms with E-state index in [1.165, 1.54) is 0 Å². The summed E-state index contributed by atoms with van der Waals surface area (Å²) in [5.74, 6) is 0.178. The molecule has 4 rings (SSSR count). The molecule has 1 aliphatic heterocycles. The molecule has 1 amide bonds. The Balaban J connectivity index is 1.52. The molecule has 3 heterocycles. The first-order chi connectivity index (χ1) is 11.8. The second-order valence-corrected chi connectivity index (χ2v) is 5.91. The maximum absolute atomic E-state index is 12.5. The zero-order valence-electron chi connectivity index (χ0n) is 12.6. The molecule has 0 saturated carbocycles. The maximum Gasteiger partial charge on any atom is 0.255 e. The number of rotatable bonds is 4. The largest absolute Gasteiger partial charge is 0.472 e. The first-order valence-corrected chi connectivity index (χ1v) is 8.26. The first-order valence-electron chi connectivity index (χ1n) is 7.53. The van der Waals surface area contributed by atoms with E-state index in [-0.39, 0.29) is 12.0 Å². The highest BCUT2D eigenvalue weighted by Gasteiger charge is 2.18. The standard InChI is InChI=1S/C16H14N4O3S/c21-16(18-12-2-1-3-13-15(12)20-24-19-13)10-4-6-17-14(8-10)23-11-5-7-22-9-11/h1-4,6,8,11H,5,7,9H2,(H,18,21). The second-order valence-electron chi connectivity index (χ2n) is 5.38. The van der Waals surface area contributed by atoms with Gasteiger partial charge in [-0.2, -0.15) is 8.75 Å². The van der Waals surface area contributed by atoms with Crippen LogP contribution in [0.15, 0.2) is 36.5 Å². The van der Waals surface area contributed by atoms with Crippen molar-refractivity contribution in [3.63, 3.8) is 0 Å². The number of fused-ring (bicyclic) bond motifs is 1. The first kappa shape index (κ1) is 15.0. The summed E-state index contributed by atoms with van der Waals surface area (Å²) >= 11 is 1.12. The highest BCUT2D eigenvalue weighted by Crippen LogP contribution is 2.22. The third-order valence-electron chi connectivity index (χ3n) is 3.71. The summed E-state index contributed by atoms with van der Waals surface area (Å²) < 4.78 is 19.4. The Morgan fingerprint density at radius 2 is 2.29 bits per heavy atom. The van der Waals surface area contributed by atoms with Crippen molar-refractivity contribution in [1.82, 2.24) is 13.7 Å². The molecule has 1 atom stereocenters. The van der Waals surface area contributed by atoms with E-state index in [9.17, 15) is 4.79 Å². The van der Waals surface area contributed by atoms with E-state index < -0.39 is 0 Å². The Labute approximate surface area is 142 Å². The molecule has 2 aromatic heterocycles. The monoisotopic (exact) mass is 342 g/mol. The summed E-state index contributed by atoms with van der Waals surface area (Å²) in [7, 11) is 0.